The van der Waals surface area contributed by atoms with Gasteiger partial charge in [0.15, 0.2) is 0 Å². The highest BCUT2D eigenvalue weighted by molar-refractivity contribution is 5.70. The Bertz CT molecular complexity index is 1170. The number of imidazole rings is 1. The van der Waals surface area contributed by atoms with E-state index in [1.165, 1.54) is 23.3 Å². The Morgan fingerprint density at radius 2 is 1.70 bits per heavy atom. The molecule has 3 heterocycles. The molecule has 0 bridgehead atoms. The maximum atomic E-state index is 13.5. The van der Waals surface area contributed by atoms with Crippen LogP contribution in [0, 0.1) is 12.7 Å². The molecule has 2 aromatic carbocycles. The molecule has 30 heavy (non-hydrogen) atoms. The van der Waals surface area contributed by atoms with Crippen LogP contribution in [0.1, 0.15) is 11.3 Å². The third-order valence-electron chi connectivity index (χ3n) is 5.77. The average Bonchev–Trinajstić information content (AvgIpc) is 3.12. The van der Waals surface area contributed by atoms with E-state index in [9.17, 15) is 4.39 Å². The van der Waals surface area contributed by atoms with Crippen molar-refractivity contribution in [2.24, 2.45) is 0 Å². The molecular weight excluding hydrogens is 375 g/mol. The molecule has 1 saturated heterocycles. The lowest BCUT2D eigenvalue weighted by molar-refractivity contribution is 0.230. The van der Waals surface area contributed by atoms with Crippen LogP contribution < -0.4 is 5.32 Å². The fourth-order valence-corrected chi connectivity index (χ4v) is 4.16. The Morgan fingerprint density at radius 3 is 2.47 bits per heavy atom. The number of nitrogens with zero attached hydrogens (tertiary/aromatic N) is 3. The van der Waals surface area contributed by atoms with Crippen molar-refractivity contribution in [2.45, 2.75) is 13.5 Å². The minimum atomic E-state index is -0.229. The fourth-order valence-electron chi connectivity index (χ4n) is 4.16. The number of aromatic nitrogens is 2. The summed E-state index contributed by atoms with van der Waals surface area (Å²) in [5, 5.41) is 3.41. The van der Waals surface area contributed by atoms with Gasteiger partial charge >= 0.3 is 0 Å². The van der Waals surface area contributed by atoms with Gasteiger partial charge in [-0.2, -0.15) is 0 Å². The van der Waals surface area contributed by atoms with Crippen LogP contribution in [0.25, 0.3) is 28.0 Å². The minimum absolute atomic E-state index is 0.229. The molecule has 1 aliphatic rings. The first-order chi connectivity index (χ1) is 14.7. The molecule has 4 nitrogen and oxygen atoms in total. The van der Waals surface area contributed by atoms with Crippen LogP contribution in [-0.2, 0) is 6.54 Å². The number of hydrogen-bond acceptors (Lipinski definition) is 3. The first kappa shape index (κ1) is 19.0. The predicted octanol–water partition coefficient (Wildman–Crippen LogP) is 4.52. The number of fused-ring (bicyclic) bond motifs is 1. The molecular formula is C25H25FN4. The SMILES string of the molecule is Cc1cccc(-c2ccc3nc(-c4ccc(F)cc4)c(CN4CCNCC4)n3c2)c1. The van der Waals surface area contributed by atoms with Gasteiger partial charge in [0.05, 0.1) is 11.4 Å². The summed E-state index contributed by atoms with van der Waals surface area (Å²) in [6, 6.07) is 19.4. The van der Waals surface area contributed by atoms with Gasteiger partial charge in [-0.25, -0.2) is 9.37 Å². The number of pyridine rings is 1. The molecule has 0 aliphatic carbocycles. The van der Waals surface area contributed by atoms with Crippen molar-refractivity contribution in [3.05, 3.63) is 83.9 Å². The van der Waals surface area contributed by atoms with Gasteiger partial charge in [0.2, 0.25) is 0 Å². The lowest BCUT2D eigenvalue weighted by Crippen LogP contribution is -2.43. The van der Waals surface area contributed by atoms with Crippen LogP contribution in [0.4, 0.5) is 4.39 Å². The maximum absolute atomic E-state index is 13.5. The summed E-state index contributed by atoms with van der Waals surface area (Å²) in [7, 11) is 0. The first-order valence-corrected chi connectivity index (χ1v) is 10.4. The van der Waals surface area contributed by atoms with E-state index in [2.05, 4.69) is 64.1 Å². The van der Waals surface area contributed by atoms with E-state index in [1.54, 1.807) is 0 Å². The minimum Gasteiger partial charge on any atom is -0.314 e. The third kappa shape index (κ3) is 3.74. The largest absolute Gasteiger partial charge is 0.314 e. The zero-order valence-electron chi connectivity index (χ0n) is 17.1. The molecule has 0 saturated carbocycles. The van der Waals surface area contributed by atoms with Crippen molar-refractivity contribution in [3.8, 4) is 22.4 Å². The van der Waals surface area contributed by atoms with Crippen LogP contribution in [0.5, 0.6) is 0 Å². The summed E-state index contributed by atoms with van der Waals surface area (Å²) in [6.45, 7) is 6.93. The molecule has 1 N–H and O–H groups in total. The summed E-state index contributed by atoms with van der Waals surface area (Å²) >= 11 is 0. The number of piperazine rings is 1. The van der Waals surface area contributed by atoms with Crippen LogP contribution in [0.15, 0.2) is 66.9 Å². The van der Waals surface area contributed by atoms with Crippen LogP contribution in [-0.4, -0.2) is 40.5 Å². The van der Waals surface area contributed by atoms with Gasteiger partial charge in [0.25, 0.3) is 0 Å². The molecule has 2 aromatic heterocycles. The van der Waals surface area contributed by atoms with E-state index in [4.69, 9.17) is 4.98 Å². The molecule has 0 amide bonds. The molecule has 5 heteroatoms. The van der Waals surface area contributed by atoms with Crippen molar-refractivity contribution in [2.75, 3.05) is 26.2 Å². The van der Waals surface area contributed by atoms with E-state index in [0.717, 1.165) is 60.9 Å². The van der Waals surface area contributed by atoms with Gasteiger partial charge in [-0.1, -0.05) is 29.8 Å². The molecule has 1 fully saturated rings. The van der Waals surface area contributed by atoms with Gasteiger partial charge in [-0.15, -0.1) is 0 Å². The van der Waals surface area contributed by atoms with Gasteiger partial charge in [-0.3, -0.25) is 4.90 Å². The predicted molar refractivity (Wildman–Crippen MR) is 119 cm³/mol. The van der Waals surface area contributed by atoms with Crippen molar-refractivity contribution < 1.29 is 4.39 Å². The second kappa shape index (κ2) is 8.01. The molecule has 0 atom stereocenters. The van der Waals surface area contributed by atoms with Gasteiger partial charge in [0, 0.05) is 44.5 Å². The summed E-state index contributed by atoms with van der Waals surface area (Å²) in [6.07, 6.45) is 2.18. The smallest absolute Gasteiger partial charge is 0.137 e. The number of rotatable bonds is 4. The zero-order chi connectivity index (χ0) is 20.5. The van der Waals surface area contributed by atoms with E-state index in [1.807, 2.05) is 12.1 Å². The zero-order valence-corrected chi connectivity index (χ0v) is 17.1. The van der Waals surface area contributed by atoms with Crippen molar-refractivity contribution in [3.63, 3.8) is 0 Å². The first-order valence-electron chi connectivity index (χ1n) is 10.4. The quantitative estimate of drug-likeness (QED) is 0.547. The van der Waals surface area contributed by atoms with Crippen LogP contribution >= 0.6 is 0 Å². The summed E-state index contributed by atoms with van der Waals surface area (Å²) in [5.74, 6) is -0.229. The van der Waals surface area contributed by atoms with Crippen molar-refractivity contribution >= 4 is 5.65 Å². The number of halogens is 1. The highest BCUT2D eigenvalue weighted by Crippen LogP contribution is 2.29. The molecule has 0 spiro atoms. The Labute approximate surface area is 176 Å². The highest BCUT2D eigenvalue weighted by Gasteiger charge is 2.19. The normalized spacial score (nSPS) is 15.0. The third-order valence-corrected chi connectivity index (χ3v) is 5.77. The monoisotopic (exact) mass is 400 g/mol. The molecule has 0 radical (unpaired) electrons. The van der Waals surface area contributed by atoms with Crippen molar-refractivity contribution in [1.29, 1.82) is 0 Å². The van der Waals surface area contributed by atoms with E-state index < -0.39 is 0 Å². The standard InChI is InChI=1S/C25H25FN4/c1-18-3-2-4-20(15-18)21-7-10-24-28-25(19-5-8-22(26)9-6-19)23(30(24)16-21)17-29-13-11-27-12-14-29/h2-10,15-16,27H,11-14,17H2,1H3. The number of aryl methyl sites for hydroxylation is 1. The average molecular weight is 401 g/mol. The van der Waals surface area contributed by atoms with E-state index in [-0.39, 0.29) is 5.82 Å². The van der Waals surface area contributed by atoms with Gasteiger partial charge < -0.3 is 9.72 Å². The van der Waals surface area contributed by atoms with E-state index in [0.29, 0.717) is 0 Å². The molecule has 1 aliphatic heterocycles. The number of hydrogen-bond donors (Lipinski definition) is 1. The second-order valence-electron chi connectivity index (χ2n) is 7.96. The molecule has 5 rings (SSSR count). The summed E-state index contributed by atoms with van der Waals surface area (Å²) in [5.41, 5.74) is 7.53. The van der Waals surface area contributed by atoms with E-state index >= 15 is 0 Å². The van der Waals surface area contributed by atoms with Gasteiger partial charge in [-0.05, 0) is 54.4 Å². The van der Waals surface area contributed by atoms with Crippen LogP contribution in [0.3, 0.4) is 0 Å². The van der Waals surface area contributed by atoms with Crippen LogP contribution in [0.2, 0.25) is 0 Å². The second-order valence-corrected chi connectivity index (χ2v) is 7.96. The maximum Gasteiger partial charge on any atom is 0.137 e. The lowest BCUT2D eigenvalue weighted by atomic mass is 10.1. The summed E-state index contributed by atoms with van der Waals surface area (Å²) in [4.78, 5) is 7.38. The molecule has 4 aromatic rings. The Hall–Kier alpha value is -3.02. The Kier molecular flexibility index (Phi) is 5.07. The highest BCUT2D eigenvalue weighted by atomic mass is 19.1. The van der Waals surface area contributed by atoms with Crippen molar-refractivity contribution in [1.82, 2.24) is 19.6 Å². The topological polar surface area (TPSA) is 32.6 Å². The summed E-state index contributed by atoms with van der Waals surface area (Å²) < 4.78 is 15.7. The van der Waals surface area contributed by atoms with Gasteiger partial charge in [0.1, 0.15) is 11.5 Å². The Balaban J connectivity index is 1.64. The Morgan fingerprint density at radius 1 is 0.933 bits per heavy atom. The number of nitrogens with one attached hydrogen (secondary N) is 1. The lowest BCUT2D eigenvalue weighted by Gasteiger charge is -2.27. The fraction of sp³-hybridized carbons (Fsp3) is 0.240. The molecule has 152 valence electrons. The number of benzene rings is 2. The molecule has 0 unspecified atom stereocenters.